The predicted octanol–water partition coefficient (Wildman–Crippen LogP) is 4.69. The highest BCUT2D eigenvalue weighted by Crippen LogP contribution is 2.59. The minimum absolute atomic E-state index is 0.104. The summed E-state index contributed by atoms with van der Waals surface area (Å²) in [6, 6.07) is 3.80. The molecule has 0 fully saturated rings. The maximum Gasteiger partial charge on any atom is 0.231 e. The minimum atomic E-state index is -1.23. The molecule has 0 saturated carbocycles. The zero-order valence-corrected chi connectivity index (χ0v) is 21.4. The standard InChI is InChI=1S/C27H34O8/c1-8-9-10-33-26-17-13-18(29-4)22(30-5)25(32-7)21(17)20-16(11-15(2)27(26,3)28)12-19-23(24(20)31-6)35-14-34-19/h8-9,12-13,15,26,28H,10-11,14H2,1-7H3/b9-8-/t15?,26-,27-/m0/s1. The van der Waals surface area contributed by atoms with Crippen LogP contribution in [0.3, 0.4) is 0 Å². The Hall–Kier alpha value is -3.10. The largest absolute Gasteiger partial charge is 0.493 e. The summed E-state index contributed by atoms with van der Waals surface area (Å²) < 4.78 is 41.1. The van der Waals surface area contributed by atoms with Crippen molar-refractivity contribution in [2.75, 3.05) is 41.8 Å². The molecule has 3 atom stereocenters. The van der Waals surface area contributed by atoms with Crippen molar-refractivity contribution < 1.29 is 38.3 Å². The second-order valence-corrected chi connectivity index (χ2v) is 8.90. The second kappa shape index (κ2) is 9.87. The van der Waals surface area contributed by atoms with Crippen LogP contribution in [-0.2, 0) is 11.2 Å². The van der Waals surface area contributed by atoms with E-state index in [1.54, 1.807) is 35.4 Å². The van der Waals surface area contributed by atoms with E-state index in [9.17, 15) is 5.11 Å². The Morgan fingerprint density at radius 1 is 1.00 bits per heavy atom. The van der Waals surface area contributed by atoms with Gasteiger partial charge in [-0.15, -0.1) is 0 Å². The number of fused-ring (bicyclic) bond motifs is 4. The molecule has 1 unspecified atom stereocenters. The third kappa shape index (κ3) is 4.04. The molecule has 2 aliphatic rings. The third-order valence-electron chi connectivity index (χ3n) is 6.95. The molecule has 35 heavy (non-hydrogen) atoms. The summed E-state index contributed by atoms with van der Waals surface area (Å²) in [6.45, 7) is 6.17. The molecule has 0 saturated heterocycles. The molecule has 8 nitrogen and oxygen atoms in total. The molecule has 0 aromatic heterocycles. The van der Waals surface area contributed by atoms with Crippen LogP contribution in [0.15, 0.2) is 24.3 Å². The van der Waals surface area contributed by atoms with Gasteiger partial charge in [0.2, 0.25) is 18.3 Å². The van der Waals surface area contributed by atoms with Crippen LogP contribution < -0.4 is 28.4 Å². The van der Waals surface area contributed by atoms with E-state index >= 15 is 0 Å². The average molecular weight is 487 g/mol. The summed E-state index contributed by atoms with van der Waals surface area (Å²) in [4.78, 5) is 0. The van der Waals surface area contributed by atoms with Crippen molar-refractivity contribution in [1.29, 1.82) is 0 Å². The monoisotopic (exact) mass is 486 g/mol. The Morgan fingerprint density at radius 2 is 1.71 bits per heavy atom. The summed E-state index contributed by atoms with van der Waals surface area (Å²) in [5.74, 6) is 2.82. The van der Waals surface area contributed by atoms with E-state index in [0.29, 0.717) is 58.7 Å². The van der Waals surface area contributed by atoms with Gasteiger partial charge in [-0.25, -0.2) is 0 Å². The number of benzene rings is 2. The molecule has 2 aromatic rings. The number of hydrogen-bond acceptors (Lipinski definition) is 8. The van der Waals surface area contributed by atoms with Gasteiger partial charge in [-0.3, -0.25) is 0 Å². The van der Waals surface area contributed by atoms with Gasteiger partial charge in [0.15, 0.2) is 23.0 Å². The first-order valence-electron chi connectivity index (χ1n) is 11.6. The molecular formula is C27H34O8. The highest BCUT2D eigenvalue weighted by Gasteiger charge is 2.45. The topological polar surface area (TPSA) is 84.8 Å². The number of aliphatic hydroxyl groups is 1. The zero-order valence-electron chi connectivity index (χ0n) is 21.4. The van der Waals surface area contributed by atoms with Crippen LogP contribution in [0.1, 0.15) is 38.0 Å². The van der Waals surface area contributed by atoms with E-state index in [-0.39, 0.29) is 12.7 Å². The van der Waals surface area contributed by atoms with E-state index in [2.05, 4.69) is 0 Å². The van der Waals surface area contributed by atoms with Crippen LogP contribution in [0.2, 0.25) is 0 Å². The Morgan fingerprint density at radius 3 is 2.34 bits per heavy atom. The first kappa shape index (κ1) is 25.0. The highest BCUT2D eigenvalue weighted by atomic mass is 16.7. The average Bonchev–Trinajstić information content (AvgIpc) is 3.32. The summed E-state index contributed by atoms with van der Waals surface area (Å²) >= 11 is 0. The predicted molar refractivity (Wildman–Crippen MR) is 131 cm³/mol. The van der Waals surface area contributed by atoms with Crippen LogP contribution >= 0.6 is 0 Å². The van der Waals surface area contributed by atoms with Gasteiger partial charge in [-0.1, -0.05) is 19.1 Å². The van der Waals surface area contributed by atoms with Crippen molar-refractivity contribution in [3.63, 3.8) is 0 Å². The van der Waals surface area contributed by atoms with Gasteiger partial charge in [0.25, 0.3) is 0 Å². The van der Waals surface area contributed by atoms with E-state index < -0.39 is 11.7 Å². The van der Waals surface area contributed by atoms with E-state index in [1.807, 2.05) is 38.1 Å². The molecule has 0 spiro atoms. The van der Waals surface area contributed by atoms with E-state index in [0.717, 1.165) is 11.1 Å². The molecule has 0 radical (unpaired) electrons. The first-order chi connectivity index (χ1) is 16.8. The van der Waals surface area contributed by atoms with E-state index in [1.165, 1.54) is 0 Å². The lowest BCUT2D eigenvalue weighted by Gasteiger charge is -2.41. The van der Waals surface area contributed by atoms with Crippen LogP contribution in [0, 0.1) is 5.92 Å². The fourth-order valence-corrected chi connectivity index (χ4v) is 4.95. The fraction of sp³-hybridized carbons (Fsp3) is 0.481. The minimum Gasteiger partial charge on any atom is -0.493 e. The summed E-state index contributed by atoms with van der Waals surface area (Å²) in [5.41, 5.74) is 1.86. The molecule has 0 amide bonds. The quantitative estimate of drug-likeness (QED) is 0.564. The lowest BCUT2D eigenvalue weighted by Crippen LogP contribution is -2.43. The number of hydrogen-bond donors (Lipinski definition) is 1. The number of allylic oxidation sites excluding steroid dienone is 1. The summed E-state index contributed by atoms with van der Waals surface area (Å²) in [7, 11) is 6.30. The lowest BCUT2D eigenvalue weighted by molar-refractivity contribution is -0.124. The van der Waals surface area contributed by atoms with Gasteiger partial charge in [0.05, 0.1) is 40.6 Å². The molecule has 190 valence electrons. The third-order valence-corrected chi connectivity index (χ3v) is 6.95. The lowest BCUT2D eigenvalue weighted by atomic mass is 9.73. The van der Waals surface area contributed by atoms with Crippen LogP contribution in [0.25, 0.3) is 11.1 Å². The SMILES string of the molecule is C/C=C\CO[C@H]1c2cc(OC)c(OC)c(OC)c2-c2c(cc3c(c2OC)OCO3)CC(C)[C@]1(C)O. The number of ether oxygens (including phenoxy) is 7. The molecule has 8 heteroatoms. The first-order valence-corrected chi connectivity index (χ1v) is 11.6. The molecule has 2 aromatic carbocycles. The van der Waals surface area contributed by atoms with Crippen molar-refractivity contribution in [3.8, 4) is 45.6 Å². The van der Waals surface area contributed by atoms with Crippen molar-refractivity contribution in [2.45, 2.75) is 38.9 Å². The van der Waals surface area contributed by atoms with Gasteiger partial charge in [-0.2, -0.15) is 0 Å². The molecule has 1 N–H and O–H groups in total. The Labute approximate surface area is 206 Å². The van der Waals surface area contributed by atoms with Crippen molar-refractivity contribution in [3.05, 3.63) is 35.4 Å². The van der Waals surface area contributed by atoms with Crippen molar-refractivity contribution in [1.82, 2.24) is 0 Å². The van der Waals surface area contributed by atoms with Gasteiger partial charge in [-0.05, 0) is 49.4 Å². The fourth-order valence-electron chi connectivity index (χ4n) is 4.95. The van der Waals surface area contributed by atoms with Gasteiger partial charge in [0.1, 0.15) is 6.10 Å². The summed E-state index contributed by atoms with van der Waals surface area (Å²) in [6.07, 6.45) is 3.65. The maximum absolute atomic E-state index is 11.9. The molecule has 1 aliphatic heterocycles. The normalized spacial score (nSPS) is 22.7. The van der Waals surface area contributed by atoms with Crippen molar-refractivity contribution in [2.24, 2.45) is 5.92 Å². The molecule has 1 aliphatic carbocycles. The Bertz CT molecular complexity index is 1120. The Balaban J connectivity index is 2.15. The Kier molecular flexibility index (Phi) is 7.05. The van der Waals surface area contributed by atoms with Gasteiger partial charge < -0.3 is 38.3 Å². The zero-order chi connectivity index (χ0) is 25.3. The number of rotatable bonds is 7. The maximum atomic E-state index is 11.9. The van der Waals surface area contributed by atoms with Crippen molar-refractivity contribution >= 4 is 0 Å². The van der Waals surface area contributed by atoms with Crippen LogP contribution in [-0.4, -0.2) is 52.5 Å². The number of methoxy groups -OCH3 is 4. The second-order valence-electron chi connectivity index (χ2n) is 8.90. The highest BCUT2D eigenvalue weighted by molar-refractivity contribution is 5.89. The molecule has 0 bridgehead atoms. The van der Waals surface area contributed by atoms with Crippen LogP contribution in [0.5, 0.6) is 34.5 Å². The molecule has 1 heterocycles. The van der Waals surface area contributed by atoms with Gasteiger partial charge in [0, 0.05) is 11.1 Å². The smallest absolute Gasteiger partial charge is 0.231 e. The van der Waals surface area contributed by atoms with E-state index in [4.69, 9.17) is 33.2 Å². The molecule has 4 rings (SSSR count). The van der Waals surface area contributed by atoms with Gasteiger partial charge >= 0.3 is 0 Å². The molecular weight excluding hydrogens is 452 g/mol. The summed E-state index contributed by atoms with van der Waals surface area (Å²) in [5, 5.41) is 11.9. The van der Waals surface area contributed by atoms with Crippen LogP contribution in [0.4, 0.5) is 0 Å².